The molecule has 1 unspecified atom stereocenters. The molecule has 1 aliphatic heterocycles. The highest BCUT2D eigenvalue weighted by Crippen LogP contribution is 2.26. The largest absolute Gasteiger partial charge is 0.441 e. The first kappa shape index (κ1) is 19.4. The Morgan fingerprint density at radius 1 is 1.07 bits per heavy atom. The molecular weight excluding hydrogens is 362 g/mol. The molecule has 29 heavy (non-hydrogen) atoms. The van der Waals surface area contributed by atoms with Crippen molar-refractivity contribution in [2.75, 3.05) is 19.6 Å². The summed E-state index contributed by atoms with van der Waals surface area (Å²) in [6.45, 7) is 6.56. The van der Waals surface area contributed by atoms with Crippen molar-refractivity contribution < 1.29 is 9.21 Å². The maximum absolute atomic E-state index is 12.9. The molecule has 1 saturated heterocycles. The second-order valence-electron chi connectivity index (χ2n) is 7.67. The van der Waals surface area contributed by atoms with E-state index in [1.165, 1.54) is 24.0 Å². The number of hydrogen-bond acceptors (Lipinski definition) is 4. The average Bonchev–Trinajstić information content (AvgIpc) is 3.40. The third-order valence-electron chi connectivity index (χ3n) is 5.53. The molecule has 1 atom stereocenters. The molecule has 1 fully saturated rings. The number of nitrogens with zero attached hydrogens (tertiary/aromatic N) is 2. The zero-order chi connectivity index (χ0) is 20.2. The summed E-state index contributed by atoms with van der Waals surface area (Å²) in [5, 5.41) is 3.09. The van der Waals surface area contributed by atoms with Gasteiger partial charge in [0.2, 0.25) is 5.89 Å². The minimum absolute atomic E-state index is 0.169. The summed E-state index contributed by atoms with van der Waals surface area (Å²) in [5.74, 6) is 0.821. The molecular formula is C24H27N3O2. The monoisotopic (exact) mass is 389 g/mol. The maximum atomic E-state index is 12.9. The second kappa shape index (κ2) is 8.62. The van der Waals surface area contributed by atoms with E-state index in [1.807, 2.05) is 30.3 Å². The summed E-state index contributed by atoms with van der Waals surface area (Å²) >= 11 is 0. The van der Waals surface area contributed by atoms with Gasteiger partial charge >= 0.3 is 0 Å². The van der Waals surface area contributed by atoms with Crippen LogP contribution in [0.1, 0.15) is 46.3 Å². The van der Waals surface area contributed by atoms with E-state index < -0.39 is 0 Å². The number of likely N-dealkylation sites (tertiary alicyclic amines) is 1. The molecule has 0 saturated carbocycles. The summed E-state index contributed by atoms with van der Waals surface area (Å²) in [5.41, 5.74) is 3.70. The lowest BCUT2D eigenvalue weighted by molar-refractivity contribution is 0.0932. The number of benzene rings is 2. The number of amides is 1. The van der Waals surface area contributed by atoms with Gasteiger partial charge in [-0.25, -0.2) is 4.98 Å². The molecule has 1 amide bonds. The Morgan fingerprint density at radius 2 is 1.76 bits per heavy atom. The zero-order valence-electron chi connectivity index (χ0n) is 17.0. The van der Waals surface area contributed by atoms with E-state index in [0.717, 1.165) is 18.7 Å². The van der Waals surface area contributed by atoms with Crippen LogP contribution in [0.3, 0.4) is 0 Å². The van der Waals surface area contributed by atoms with Crippen molar-refractivity contribution >= 4 is 5.91 Å². The zero-order valence-corrected chi connectivity index (χ0v) is 17.0. The number of aromatic nitrogens is 1. The van der Waals surface area contributed by atoms with E-state index in [2.05, 4.69) is 46.4 Å². The summed E-state index contributed by atoms with van der Waals surface area (Å²) in [7, 11) is 0. The van der Waals surface area contributed by atoms with Gasteiger partial charge in [-0.1, -0.05) is 48.0 Å². The van der Waals surface area contributed by atoms with Crippen LogP contribution in [0.15, 0.2) is 59.0 Å². The summed E-state index contributed by atoms with van der Waals surface area (Å²) in [4.78, 5) is 19.8. The molecule has 5 nitrogen and oxygen atoms in total. The van der Waals surface area contributed by atoms with Crippen LogP contribution in [0, 0.1) is 13.8 Å². The first-order valence-electron chi connectivity index (χ1n) is 10.2. The smallest absolute Gasteiger partial charge is 0.273 e. The number of aryl methyl sites for hydroxylation is 2. The van der Waals surface area contributed by atoms with Gasteiger partial charge in [0.15, 0.2) is 5.69 Å². The summed E-state index contributed by atoms with van der Waals surface area (Å²) < 4.78 is 5.74. The van der Waals surface area contributed by atoms with Crippen LogP contribution in [-0.4, -0.2) is 35.4 Å². The fourth-order valence-corrected chi connectivity index (χ4v) is 3.88. The summed E-state index contributed by atoms with van der Waals surface area (Å²) in [6, 6.07) is 18.4. The Balaban J connectivity index is 1.49. The van der Waals surface area contributed by atoms with Gasteiger partial charge < -0.3 is 9.73 Å². The highest BCUT2D eigenvalue weighted by molar-refractivity contribution is 5.93. The van der Waals surface area contributed by atoms with Gasteiger partial charge in [0.05, 0.1) is 6.04 Å². The molecule has 0 spiro atoms. The van der Waals surface area contributed by atoms with Gasteiger partial charge in [0.25, 0.3) is 5.91 Å². The van der Waals surface area contributed by atoms with Gasteiger partial charge in [0, 0.05) is 12.1 Å². The molecule has 4 rings (SSSR count). The first-order valence-corrected chi connectivity index (χ1v) is 10.2. The van der Waals surface area contributed by atoms with Crippen molar-refractivity contribution in [2.45, 2.75) is 32.7 Å². The Bertz CT molecular complexity index is 958. The van der Waals surface area contributed by atoms with Crippen LogP contribution >= 0.6 is 0 Å². The number of oxazole rings is 1. The lowest BCUT2D eigenvalue weighted by Crippen LogP contribution is -2.37. The minimum atomic E-state index is -0.190. The van der Waals surface area contributed by atoms with Gasteiger partial charge in [-0.15, -0.1) is 0 Å². The minimum Gasteiger partial charge on any atom is -0.441 e. The van der Waals surface area contributed by atoms with Crippen LogP contribution in [0.5, 0.6) is 0 Å². The lowest BCUT2D eigenvalue weighted by atomic mass is 10.0. The third kappa shape index (κ3) is 4.40. The van der Waals surface area contributed by atoms with Gasteiger partial charge in [-0.05, 0) is 57.5 Å². The van der Waals surface area contributed by atoms with Crippen molar-refractivity contribution in [3.8, 4) is 11.5 Å². The van der Waals surface area contributed by atoms with Gasteiger partial charge in [0.1, 0.15) is 5.76 Å². The molecule has 0 radical (unpaired) electrons. The van der Waals surface area contributed by atoms with E-state index in [-0.39, 0.29) is 11.9 Å². The van der Waals surface area contributed by atoms with Crippen LogP contribution in [0.25, 0.3) is 11.5 Å². The number of rotatable bonds is 6. The van der Waals surface area contributed by atoms with Crippen molar-refractivity contribution in [3.63, 3.8) is 0 Å². The molecule has 1 aromatic heterocycles. The Hall–Kier alpha value is -2.92. The van der Waals surface area contributed by atoms with Gasteiger partial charge in [-0.2, -0.15) is 0 Å². The first-order chi connectivity index (χ1) is 14.1. The Kier molecular flexibility index (Phi) is 5.76. The van der Waals surface area contributed by atoms with E-state index >= 15 is 0 Å². The van der Waals surface area contributed by atoms with E-state index in [4.69, 9.17) is 4.42 Å². The van der Waals surface area contributed by atoms with Crippen LogP contribution in [0.2, 0.25) is 0 Å². The molecule has 1 aliphatic rings. The average molecular weight is 389 g/mol. The van der Waals surface area contributed by atoms with Crippen molar-refractivity contribution in [2.24, 2.45) is 0 Å². The van der Waals surface area contributed by atoms with Gasteiger partial charge in [-0.3, -0.25) is 9.69 Å². The predicted molar refractivity (Wildman–Crippen MR) is 114 cm³/mol. The molecule has 5 heteroatoms. The van der Waals surface area contributed by atoms with Crippen LogP contribution < -0.4 is 5.32 Å². The highest BCUT2D eigenvalue weighted by Gasteiger charge is 2.25. The number of nitrogens with one attached hydrogen (secondary N) is 1. The molecule has 3 aromatic rings. The van der Waals surface area contributed by atoms with Crippen molar-refractivity contribution in [3.05, 3.63) is 77.2 Å². The Morgan fingerprint density at radius 3 is 2.45 bits per heavy atom. The SMILES string of the molecule is Cc1ccc(C(CNC(=O)c2nc(-c3ccccc3)oc2C)N2CCCC2)cc1. The highest BCUT2D eigenvalue weighted by atomic mass is 16.4. The summed E-state index contributed by atoms with van der Waals surface area (Å²) in [6.07, 6.45) is 2.41. The van der Waals surface area contributed by atoms with Crippen LogP contribution in [-0.2, 0) is 0 Å². The van der Waals surface area contributed by atoms with Crippen molar-refractivity contribution in [1.82, 2.24) is 15.2 Å². The second-order valence-corrected chi connectivity index (χ2v) is 7.67. The molecule has 2 heterocycles. The van der Waals surface area contributed by atoms with Crippen LogP contribution in [0.4, 0.5) is 0 Å². The van der Waals surface area contributed by atoms with E-state index in [9.17, 15) is 4.79 Å². The van der Waals surface area contributed by atoms with E-state index in [0.29, 0.717) is 23.9 Å². The molecule has 0 aliphatic carbocycles. The standard InChI is InChI=1S/C24H27N3O2/c1-17-10-12-19(13-11-17)21(27-14-6-7-15-27)16-25-23(28)22-18(2)29-24(26-22)20-8-4-3-5-9-20/h3-5,8-13,21H,6-7,14-16H2,1-2H3,(H,25,28). The maximum Gasteiger partial charge on any atom is 0.273 e. The Labute approximate surface area is 171 Å². The number of carbonyl (C=O) groups excluding carboxylic acids is 1. The number of hydrogen-bond donors (Lipinski definition) is 1. The fourth-order valence-electron chi connectivity index (χ4n) is 3.88. The molecule has 0 bridgehead atoms. The quantitative estimate of drug-likeness (QED) is 0.673. The topological polar surface area (TPSA) is 58.4 Å². The number of carbonyl (C=O) groups is 1. The van der Waals surface area contributed by atoms with Crippen molar-refractivity contribution in [1.29, 1.82) is 0 Å². The fraction of sp³-hybridized carbons (Fsp3) is 0.333. The molecule has 1 N–H and O–H groups in total. The lowest BCUT2D eigenvalue weighted by Gasteiger charge is -2.28. The molecule has 150 valence electrons. The molecule has 2 aromatic carbocycles. The predicted octanol–water partition coefficient (Wildman–Crippen LogP) is 4.53. The normalized spacial score (nSPS) is 15.4. The van der Waals surface area contributed by atoms with E-state index in [1.54, 1.807) is 6.92 Å². The third-order valence-corrected chi connectivity index (χ3v) is 5.53.